The number of anilines is 1. The van der Waals surface area contributed by atoms with Crippen molar-refractivity contribution < 1.29 is 14.6 Å². The summed E-state index contributed by atoms with van der Waals surface area (Å²) < 4.78 is 6.24. The van der Waals surface area contributed by atoms with Crippen LogP contribution in [-0.4, -0.2) is 30.8 Å². The van der Waals surface area contributed by atoms with Crippen molar-refractivity contribution in [2.24, 2.45) is 5.41 Å². The molecule has 1 fully saturated rings. The van der Waals surface area contributed by atoms with Gasteiger partial charge in [-0.25, -0.2) is 4.79 Å². The fourth-order valence-corrected chi connectivity index (χ4v) is 2.56. The van der Waals surface area contributed by atoms with Gasteiger partial charge in [0.25, 0.3) is 0 Å². The Morgan fingerprint density at radius 1 is 1.47 bits per heavy atom. The summed E-state index contributed by atoms with van der Waals surface area (Å²) in [4.78, 5) is 11.2. The van der Waals surface area contributed by atoms with Crippen LogP contribution in [0.2, 0.25) is 0 Å². The molecule has 1 aliphatic rings. The van der Waals surface area contributed by atoms with E-state index in [9.17, 15) is 9.90 Å². The zero-order valence-corrected chi connectivity index (χ0v) is 12.5. The van der Waals surface area contributed by atoms with Crippen LogP contribution in [0.5, 0.6) is 0 Å². The summed E-state index contributed by atoms with van der Waals surface area (Å²) in [5.74, 6) is -0.910. The summed E-state index contributed by atoms with van der Waals surface area (Å²) in [5, 5.41) is 12.5. The third-order valence-electron chi connectivity index (χ3n) is 3.62. The highest BCUT2D eigenvalue weighted by molar-refractivity contribution is 9.10. The standard InChI is InChI=1S/C14H18BrNO3/c1-14(4-6-19-7-5-14)9-16-12-8-10(15)2-3-11(12)13(17)18/h2-3,8,16H,4-7,9H2,1H3,(H,17,18). The molecule has 1 heterocycles. The summed E-state index contributed by atoms with van der Waals surface area (Å²) in [7, 11) is 0. The highest BCUT2D eigenvalue weighted by atomic mass is 79.9. The number of halogens is 1. The van der Waals surface area contributed by atoms with E-state index in [1.165, 1.54) is 0 Å². The molecule has 0 spiro atoms. The molecule has 2 N–H and O–H groups in total. The molecule has 5 heteroatoms. The van der Waals surface area contributed by atoms with Crippen molar-refractivity contribution in [1.82, 2.24) is 0 Å². The van der Waals surface area contributed by atoms with Crippen LogP contribution in [0.15, 0.2) is 22.7 Å². The number of carboxylic acids is 1. The lowest BCUT2D eigenvalue weighted by atomic mass is 9.82. The Bertz CT molecular complexity index is 470. The topological polar surface area (TPSA) is 58.6 Å². The lowest BCUT2D eigenvalue weighted by molar-refractivity contribution is 0.0299. The maximum atomic E-state index is 11.2. The second-order valence-corrected chi connectivity index (χ2v) is 6.19. The van der Waals surface area contributed by atoms with Crippen molar-refractivity contribution in [3.8, 4) is 0 Å². The Morgan fingerprint density at radius 2 is 2.16 bits per heavy atom. The number of ether oxygens (including phenoxy) is 1. The first-order valence-electron chi connectivity index (χ1n) is 6.35. The number of benzene rings is 1. The van der Waals surface area contributed by atoms with Crippen LogP contribution in [0.1, 0.15) is 30.1 Å². The monoisotopic (exact) mass is 327 g/mol. The van der Waals surface area contributed by atoms with E-state index in [4.69, 9.17) is 4.74 Å². The van der Waals surface area contributed by atoms with E-state index in [1.807, 2.05) is 6.07 Å². The number of aromatic carboxylic acids is 1. The summed E-state index contributed by atoms with van der Waals surface area (Å²) in [5.41, 5.74) is 1.13. The van der Waals surface area contributed by atoms with E-state index in [-0.39, 0.29) is 5.41 Å². The van der Waals surface area contributed by atoms with Crippen molar-refractivity contribution in [2.45, 2.75) is 19.8 Å². The second kappa shape index (κ2) is 5.92. The predicted octanol–water partition coefficient (Wildman–Crippen LogP) is 3.38. The van der Waals surface area contributed by atoms with Crippen LogP contribution in [0.3, 0.4) is 0 Å². The SMILES string of the molecule is CC1(CNc2cc(Br)ccc2C(=O)O)CCOCC1. The Kier molecular flexibility index (Phi) is 4.47. The molecule has 0 unspecified atom stereocenters. The number of hydrogen-bond acceptors (Lipinski definition) is 3. The minimum Gasteiger partial charge on any atom is -0.478 e. The highest BCUT2D eigenvalue weighted by Gasteiger charge is 2.27. The molecule has 104 valence electrons. The molecule has 0 amide bonds. The molecular weight excluding hydrogens is 310 g/mol. The van der Waals surface area contributed by atoms with Gasteiger partial charge in [0.1, 0.15) is 0 Å². The number of carbonyl (C=O) groups is 1. The molecule has 0 saturated carbocycles. The zero-order chi connectivity index (χ0) is 13.9. The lowest BCUT2D eigenvalue weighted by Crippen LogP contribution is -2.33. The maximum Gasteiger partial charge on any atom is 0.337 e. The fraction of sp³-hybridized carbons (Fsp3) is 0.500. The highest BCUT2D eigenvalue weighted by Crippen LogP contribution is 2.31. The molecule has 4 nitrogen and oxygen atoms in total. The van der Waals surface area contributed by atoms with Crippen molar-refractivity contribution in [3.63, 3.8) is 0 Å². The van der Waals surface area contributed by atoms with Gasteiger partial charge in [-0.05, 0) is 36.5 Å². The van der Waals surface area contributed by atoms with Crippen molar-refractivity contribution >= 4 is 27.6 Å². The first kappa shape index (κ1) is 14.3. The minimum absolute atomic E-state index is 0.163. The van der Waals surface area contributed by atoms with E-state index in [2.05, 4.69) is 28.2 Å². The first-order valence-corrected chi connectivity index (χ1v) is 7.14. The van der Waals surface area contributed by atoms with Crippen LogP contribution in [0.4, 0.5) is 5.69 Å². The van der Waals surface area contributed by atoms with Crippen LogP contribution in [0.25, 0.3) is 0 Å². The van der Waals surface area contributed by atoms with E-state index in [0.717, 1.165) is 37.1 Å². The number of nitrogens with one attached hydrogen (secondary N) is 1. The van der Waals surface area contributed by atoms with Gasteiger partial charge < -0.3 is 15.2 Å². The Hall–Kier alpha value is -1.07. The quantitative estimate of drug-likeness (QED) is 0.890. The summed E-state index contributed by atoms with van der Waals surface area (Å²) in [6, 6.07) is 5.16. The average Bonchev–Trinajstić information content (AvgIpc) is 2.37. The lowest BCUT2D eigenvalue weighted by Gasteiger charge is -2.34. The van der Waals surface area contributed by atoms with Gasteiger partial charge in [0.05, 0.1) is 5.56 Å². The van der Waals surface area contributed by atoms with Gasteiger partial charge in [-0.15, -0.1) is 0 Å². The molecule has 0 aliphatic carbocycles. The summed E-state index contributed by atoms with van der Waals surface area (Å²) in [6.07, 6.45) is 1.99. The number of rotatable bonds is 4. The van der Waals surface area contributed by atoms with Crippen molar-refractivity contribution in [2.75, 3.05) is 25.1 Å². The number of carboxylic acid groups (broad SMARTS) is 1. The van der Waals surface area contributed by atoms with Crippen LogP contribution in [-0.2, 0) is 4.74 Å². The Labute approximate surface area is 121 Å². The van der Waals surface area contributed by atoms with Gasteiger partial charge in [0, 0.05) is 29.9 Å². The smallest absolute Gasteiger partial charge is 0.337 e. The van der Waals surface area contributed by atoms with E-state index in [0.29, 0.717) is 11.3 Å². The molecule has 1 aromatic rings. The Balaban J connectivity index is 2.10. The summed E-state index contributed by atoms with van der Waals surface area (Å²) in [6.45, 7) is 4.53. The van der Waals surface area contributed by atoms with E-state index < -0.39 is 5.97 Å². The minimum atomic E-state index is -0.910. The van der Waals surface area contributed by atoms with Crippen LogP contribution >= 0.6 is 15.9 Å². The third-order valence-corrected chi connectivity index (χ3v) is 4.11. The second-order valence-electron chi connectivity index (χ2n) is 5.27. The molecule has 0 bridgehead atoms. The molecule has 2 rings (SSSR count). The normalized spacial score (nSPS) is 18.0. The first-order chi connectivity index (χ1) is 9.00. The molecule has 0 radical (unpaired) electrons. The van der Waals surface area contributed by atoms with Crippen LogP contribution < -0.4 is 5.32 Å². The van der Waals surface area contributed by atoms with Gasteiger partial charge in [-0.3, -0.25) is 0 Å². The van der Waals surface area contributed by atoms with Crippen LogP contribution in [0, 0.1) is 5.41 Å². The van der Waals surface area contributed by atoms with Gasteiger partial charge >= 0.3 is 5.97 Å². The van der Waals surface area contributed by atoms with Crippen molar-refractivity contribution in [3.05, 3.63) is 28.2 Å². The average molecular weight is 328 g/mol. The van der Waals surface area contributed by atoms with Gasteiger partial charge in [0.15, 0.2) is 0 Å². The largest absolute Gasteiger partial charge is 0.478 e. The summed E-state index contributed by atoms with van der Waals surface area (Å²) >= 11 is 3.37. The molecule has 1 aromatic carbocycles. The molecule has 0 aromatic heterocycles. The van der Waals surface area contributed by atoms with Crippen molar-refractivity contribution in [1.29, 1.82) is 0 Å². The molecule has 1 aliphatic heterocycles. The molecule has 0 atom stereocenters. The van der Waals surface area contributed by atoms with E-state index >= 15 is 0 Å². The maximum absolute atomic E-state index is 11.2. The van der Waals surface area contributed by atoms with Gasteiger partial charge in [-0.2, -0.15) is 0 Å². The van der Waals surface area contributed by atoms with Gasteiger partial charge in [0.2, 0.25) is 0 Å². The molecular formula is C14H18BrNO3. The fourth-order valence-electron chi connectivity index (χ4n) is 2.20. The number of hydrogen-bond donors (Lipinski definition) is 2. The molecule has 19 heavy (non-hydrogen) atoms. The Morgan fingerprint density at radius 3 is 2.79 bits per heavy atom. The zero-order valence-electron chi connectivity index (χ0n) is 10.9. The molecule has 1 saturated heterocycles. The van der Waals surface area contributed by atoms with E-state index in [1.54, 1.807) is 12.1 Å². The third kappa shape index (κ3) is 3.70. The van der Waals surface area contributed by atoms with Gasteiger partial charge in [-0.1, -0.05) is 22.9 Å². The predicted molar refractivity (Wildman–Crippen MR) is 77.8 cm³/mol.